The van der Waals surface area contributed by atoms with Crippen molar-refractivity contribution in [1.29, 1.82) is 0 Å². The van der Waals surface area contributed by atoms with E-state index in [-0.39, 0.29) is 0 Å². The summed E-state index contributed by atoms with van der Waals surface area (Å²) in [6.45, 7) is 2.05. The van der Waals surface area contributed by atoms with Crippen molar-refractivity contribution in [3.63, 3.8) is 0 Å². The summed E-state index contributed by atoms with van der Waals surface area (Å²) in [6, 6.07) is 8.04. The molecule has 0 radical (unpaired) electrons. The largest absolute Gasteiger partial charge is 0.368 e. The number of aryl methyl sites for hydroxylation is 2. The molecule has 1 aromatic carbocycles. The van der Waals surface area contributed by atoms with E-state index in [2.05, 4.69) is 10.1 Å². The molecule has 1 heterocycles. The normalized spacial score (nSPS) is 10.4. The van der Waals surface area contributed by atoms with Gasteiger partial charge >= 0.3 is 0 Å². The number of nitrogens with two attached hydrogens (primary N) is 1. The number of hydrogen-bond acceptors (Lipinski definition) is 3. The molecule has 0 aliphatic rings. The summed E-state index contributed by atoms with van der Waals surface area (Å²) in [6.07, 6.45) is 0. The average Bonchev–Trinajstić information content (AvgIpc) is 2.48. The van der Waals surface area contributed by atoms with Gasteiger partial charge < -0.3 is 5.73 Å². The molecule has 0 aliphatic carbocycles. The second kappa shape index (κ2) is 3.14. The summed E-state index contributed by atoms with van der Waals surface area (Å²) >= 11 is 0. The van der Waals surface area contributed by atoms with Crippen molar-refractivity contribution < 1.29 is 0 Å². The zero-order chi connectivity index (χ0) is 10.1. The fraction of sp³-hybridized carbons (Fsp3) is 0.200. The molecule has 0 saturated heterocycles. The molecule has 14 heavy (non-hydrogen) atoms. The van der Waals surface area contributed by atoms with E-state index >= 15 is 0 Å². The Hall–Kier alpha value is -1.84. The van der Waals surface area contributed by atoms with Crippen LogP contribution in [0.2, 0.25) is 0 Å². The van der Waals surface area contributed by atoms with Gasteiger partial charge in [-0.2, -0.15) is 4.98 Å². The van der Waals surface area contributed by atoms with Crippen LogP contribution in [-0.2, 0) is 7.05 Å². The highest BCUT2D eigenvalue weighted by Gasteiger charge is 2.05. The summed E-state index contributed by atoms with van der Waals surface area (Å²) in [5, 5.41) is 4.19. The molecule has 2 rings (SSSR count). The van der Waals surface area contributed by atoms with Crippen molar-refractivity contribution in [3.05, 3.63) is 29.8 Å². The van der Waals surface area contributed by atoms with Crippen LogP contribution in [0.3, 0.4) is 0 Å². The Kier molecular flexibility index (Phi) is 1.96. The first kappa shape index (κ1) is 8.74. The lowest BCUT2D eigenvalue weighted by Crippen LogP contribution is -1.97. The highest BCUT2D eigenvalue weighted by Crippen LogP contribution is 2.16. The van der Waals surface area contributed by atoms with Gasteiger partial charge in [-0.05, 0) is 6.92 Å². The highest BCUT2D eigenvalue weighted by molar-refractivity contribution is 5.56. The minimum absolute atomic E-state index is 0.431. The topological polar surface area (TPSA) is 56.7 Å². The van der Waals surface area contributed by atoms with E-state index in [1.807, 2.05) is 31.2 Å². The van der Waals surface area contributed by atoms with Gasteiger partial charge in [0.2, 0.25) is 5.95 Å². The van der Waals surface area contributed by atoms with Crippen molar-refractivity contribution in [2.75, 3.05) is 5.73 Å². The van der Waals surface area contributed by atoms with Crippen LogP contribution in [0.1, 0.15) is 5.56 Å². The van der Waals surface area contributed by atoms with Crippen LogP contribution >= 0.6 is 0 Å². The summed E-state index contributed by atoms with van der Waals surface area (Å²) in [4.78, 5) is 4.14. The Bertz CT molecular complexity index is 422. The van der Waals surface area contributed by atoms with E-state index in [0.29, 0.717) is 11.8 Å². The van der Waals surface area contributed by atoms with Gasteiger partial charge in [-0.1, -0.05) is 29.8 Å². The molecular weight excluding hydrogens is 176 g/mol. The molecule has 4 nitrogen and oxygen atoms in total. The third-order valence-corrected chi connectivity index (χ3v) is 2.11. The van der Waals surface area contributed by atoms with Crippen LogP contribution in [0.25, 0.3) is 11.4 Å². The van der Waals surface area contributed by atoms with Crippen LogP contribution in [0.4, 0.5) is 5.95 Å². The number of benzene rings is 1. The van der Waals surface area contributed by atoms with E-state index in [1.54, 1.807) is 11.7 Å². The van der Waals surface area contributed by atoms with Crippen LogP contribution in [-0.4, -0.2) is 14.8 Å². The number of nitrogens with zero attached hydrogens (tertiary/aromatic N) is 3. The van der Waals surface area contributed by atoms with Crippen LogP contribution in [0.15, 0.2) is 24.3 Å². The molecule has 0 saturated carbocycles. The SMILES string of the molecule is Cc1ccc(-c2nc(N)n(C)n2)cc1. The van der Waals surface area contributed by atoms with Gasteiger partial charge in [0.25, 0.3) is 0 Å². The molecule has 0 unspecified atom stereocenters. The summed E-state index contributed by atoms with van der Waals surface area (Å²) in [5.41, 5.74) is 7.81. The monoisotopic (exact) mass is 188 g/mol. The standard InChI is InChI=1S/C10H12N4/c1-7-3-5-8(6-4-7)9-12-10(11)14(2)13-9/h3-6H,1-2H3,(H2,11,12,13). The van der Waals surface area contributed by atoms with Gasteiger partial charge in [-0.15, -0.1) is 5.10 Å². The average molecular weight is 188 g/mol. The fourth-order valence-electron chi connectivity index (χ4n) is 1.22. The van der Waals surface area contributed by atoms with Gasteiger partial charge in [0, 0.05) is 12.6 Å². The van der Waals surface area contributed by atoms with Crippen molar-refractivity contribution in [3.8, 4) is 11.4 Å². The predicted octanol–water partition coefficient (Wildman–Crippen LogP) is 1.37. The summed E-state index contributed by atoms with van der Waals surface area (Å²) in [7, 11) is 1.78. The van der Waals surface area contributed by atoms with Crippen molar-refractivity contribution in [2.45, 2.75) is 6.92 Å². The minimum Gasteiger partial charge on any atom is -0.368 e. The smallest absolute Gasteiger partial charge is 0.218 e. The molecule has 72 valence electrons. The Morgan fingerprint density at radius 1 is 1.21 bits per heavy atom. The number of nitrogen functional groups attached to an aromatic ring is 1. The Balaban J connectivity index is 2.44. The molecule has 0 bridgehead atoms. The quantitative estimate of drug-likeness (QED) is 0.735. The first-order valence-electron chi connectivity index (χ1n) is 4.40. The summed E-state index contributed by atoms with van der Waals surface area (Å²) in [5.74, 6) is 1.10. The molecule has 2 aromatic rings. The zero-order valence-corrected chi connectivity index (χ0v) is 8.23. The molecule has 1 aromatic heterocycles. The maximum Gasteiger partial charge on any atom is 0.218 e. The molecule has 2 N–H and O–H groups in total. The second-order valence-corrected chi connectivity index (χ2v) is 3.28. The van der Waals surface area contributed by atoms with Gasteiger partial charge in [-0.25, -0.2) is 4.68 Å². The number of rotatable bonds is 1. The fourth-order valence-corrected chi connectivity index (χ4v) is 1.22. The molecule has 0 amide bonds. The molecule has 0 aliphatic heterocycles. The van der Waals surface area contributed by atoms with Gasteiger partial charge in [0.1, 0.15) is 0 Å². The summed E-state index contributed by atoms with van der Waals surface area (Å²) < 4.78 is 1.56. The number of aromatic nitrogens is 3. The van der Waals surface area contributed by atoms with E-state index in [9.17, 15) is 0 Å². The van der Waals surface area contributed by atoms with Gasteiger partial charge in [0.05, 0.1) is 0 Å². The van der Waals surface area contributed by atoms with E-state index in [0.717, 1.165) is 5.56 Å². The highest BCUT2D eigenvalue weighted by atomic mass is 15.4. The maximum atomic E-state index is 5.60. The van der Waals surface area contributed by atoms with Crippen molar-refractivity contribution in [2.24, 2.45) is 7.05 Å². The molecule has 0 fully saturated rings. The number of hydrogen-bond donors (Lipinski definition) is 1. The van der Waals surface area contributed by atoms with E-state index in [4.69, 9.17) is 5.73 Å². The third-order valence-electron chi connectivity index (χ3n) is 2.11. The molecule has 0 atom stereocenters. The first-order chi connectivity index (χ1) is 6.66. The Labute approximate surface area is 82.4 Å². The third kappa shape index (κ3) is 1.46. The zero-order valence-electron chi connectivity index (χ0n) is 8.23. The lowest BCUT2D eigenvalue weighted by atomic mass is 10.1. The van der Waals surface area contributed by atoms with Gasteiger partial charge in [-0.3, -0.25) is 0 Å². The van der Waals surface area contributed by atoms with Gasteiger partial charge in [0.15, 0.2) is 5.82 Å². The lowest BCUT2D eigenvalue weighted by molar-refractivity contribution is 0.781. The Morgan fingerprint density at radius 2 is 1.86 bits per heavy atom. The van der Waals surface area contributed by atoms with Crippen molar-refractivity contribution in [1.82, 2.24) is 14.8 Å². The maximum absolute atomic E-state index is 5.60. The second-order valence-electron chi connectivity index (χ2n) is 3.28. The molecule has 4 heteroatoms. The molecular formula is C10H12N4. The van der Waals surface area contributed by atoms with Crippen LogP contribution in [0.5, 0.6) is 0 Å². The molecule has 0 spiro atoms. The first-order valence-corrected chi connectivity index (χ1v) is 4.40. The lowest BCUT2D eigenvalue weighted by Gasteiger charge is -1.95. The van der Waals surface area contributed by atoms with Crippen molar-refractivity contribution >= 4 is 5.95 Å². The van der Waals surface area contributed by atoms with E-state index < -0.39 is 0 Å². The Morgan fingerprint density at radius 3 is 2.36 bits per heavy atom. The van der Waals surface area contributed by atoms with Crippen LogP contribution < -0.4 is 5.73 Å². The van der Waals surface area contributed by atoms with Crippen LogP contribution in [0, 0.1) is 6.92 Å². The van der Waals surface area contributed by atoms with E-state index in [1.165, 1.54) is 5.56 Å². The minimum atomic E-state index is 0.431. The predicted molar refractivity (Wildman–Crippen MR) is 55.6 cm³/mol. The number of anilines is 1.